The minimum Gasteiger partial charge on any atom is -0.478 e. The lowest BCUT2D eigenvalue weighted by molar-refractivity contribution is -0.116. The molecule has 0 aliphatic carbocycles. The van der Waals surface area contributed by atoms with Gasteiger partial charge in [-0.05, 0) is 50.2 Å². The molecule has 0 aromatic heterocycles. The number of carboxylic acid groups (broad SMARTS) is 1. The molecule has 0 spiro atoms. The number of benzene rings is 1. The molecule has 114 valence electrons. The van der Waals surface area contributed by atoms with Gasteiger partial charge in [-0.2, -0.15) is 0 Å². The lowest BCUT2D eigenvalue weighted by Gasteiger charge is -2.29. The molecule has 2 rings (SSSR count). The lowest BCUT2D eigenvalue weighted by atomic mass is 10.1. The number of likely N-dealkylation sites (tertiary alicyclic amines) is 1. The van der Waals surface area contributed by atoms with E-state index in [-0.39, 0.29) is 11.5 Å². The molecule has 1 aliphatic heterocycles. The standard InChI is InChI=1S/C16H22N2O3/c1-13(19)18(12-11-17-9-3-2-4-10-17)15-7-5-14(6-8-15)16(20)21/h5-8H,2-4,9-12H2,1H3,(H,20,21). The van der Waals surface area contributed by atoms with E-state index in [1.807, 2.05) is 0 Å². The van der Waals surface area contributed by atoms with Crippen LogP contribution in [0, 0.1) is 0 Å². The summed E-state index contributed by atoms with van der Waals surface area (Å²) in [5.41, 5.74) is 0.989. The monoisotopic (exact) mass is 290 g/mol. The molecule has 5 heteroatoms. The quantitative estimate of drug-likeness (QED) is 0.903. The number of rotatable bonds is 5. The molecule has 1 saturated heterocycles. The van der Waals surface area contributed by atoms with Crippen LogP contribution in [0.25, 0.3) is 0 Å². The number of carbonyl (C=O) groups excluding carboxylic acids is 1. The third-order valence-corrected chi connectivity index (χ3v) is 3.89. The molecule has 1 aromatic rings. The lowest BCUT2D eigenvalue weighted by Crippen LogP contribution is -2.39. The molecule has 1 amide bonds. The molecule has 1 heterocycles. The van der Waals surface area contributed by atoms with Gasteiger partial charge in [0.05, 0.1) is 5.56 Å². The molecule has 1 aromatic carbocycles. The minimum absolute atomic E-state index is 0.0184. The third kappa shape index (κ3) is 4.29. The first kappa shape index (κ1) is 15.5. The Labute approximate surface area is 125 Å². The number of aromatic carboxylic acids is 1. The maximum atomic E-state index is 11.8. The van der Waals surface area contributed by atoms with Crippen molar-refractivity contribution in [1.29, 1.82) is 0 Å². The van der Waals surface area contributed by atoms with Crippen LogP contribution < -0.4 is 4.90 Å². The van der Waals surface area contributed by atoms with E-state index in [9.17, 15) is 9.59 Å². The zero-order chi connectivity index (χ0) is 15.2. The van der Waals surface area contributed by atoms with E-state index in [1.165, 1.54) is 31.4 Å². The topological polar surface area (TPSA) is 60.9 Å². The van der Waals surface area contributed by atoms with Gasteiger partial charge in [0.1, 0.15) is 0 Å². The first-order chi connectivity index (χ1) is 10.1. The van der Waals surface area contributed by atoms with Crippen LogP contribution >= 0.6 is 0 Å². The zero-order valence-corrected chi connectivity index (χ0v) is 12.4. The maximum absolute atomic E-state index is 11.8. The number of hydrogen-bond donors (Lipinski definition) is 1. The molecule has 0 saturated carbocycles. The van der Waals surface area contributed by atoms with Crippen LogP contribution in [0.15, 0.2) is 24.3 Å². The first-order valence-corrected chi connectivity index (χ1v) is 7.42. The number of carbonyl (C=O) groups is 2. The van der Waals surface area contributed by atoms with Crippen molar-refractivity contribution in [2.45, 2.75) is 26.2 Å². The van der Waals surface area contributed by atoms with Gasteiger partial charge in [-0.1, -0.05) is 6.42 Å². The first-order valence-electron chi connectivity index (χ1n) is 7.42. The summed E-state index contributed by atoms with van der Waals surface area (Å²) < 4.78 is 0. The predicted molar refractivity (Wildman–Crippen MR) is 81.7 cm³/mol. The predicted octanol–water partition coefficient (Wildman–Crippen LogP) is 2.22. The van der Waals surface area contributed by atoms with Gasteiger partial charge in [0.2, 0.25) is 5.91 Å². The van der Waals surface area contributed by atoms with Crippen molar-refractivity contribution >= 4 is 17.6 Å². The van der Waals surface area contributed by atoms with E-state index in [0.29, 0.717) is 6.54 Å². The highest BCUT2D eigenvalue weighted by molar-refractivity contribution is 5.93. The molecule has 1 aliphatic rings. The molecule has 1 fully saturated rings. The van der Waals surface area contributed by atoms with Gasteiger partial charge in [-0.3, -0.25) is 4.79 Å². The Balaban J connectivity index is 2.00. The van der Waals surface area contributed by atoms with E-state index in [0.717, 1.165) is 25.3 Å². The summed E-state index contributed by atoms with van der Waals surface area (Å²) in [6.45, 7) is 5.25. The number of nitrogens with zero attached hydrogens (tertiary/aromatic N) is 2. The van der Waals surface area contributed by atoms with Gasteiger partial charge in [-0.25, -0.2) is 4.79 Å². The summed E-state index contributed by atoms with van der Waals surface area (Å²) in [5, 5.41) is 8.91. The second-order valence-electron chi connectivity index (χ2n) is 5.42. The molecular formula is C16H22N2O3. The van der Waals surface area contributed by atoms with Crippen LogP contribution in [-0.2, 0) is 4.79 Å². The van der Waals surface area contributed by atoms with Crippen LogP contribution in [0.3, 0.4) is 0 Å². The third-order valence-electron chi connectivity index (χ3n) is 3.89. The van der Waals surface area contributed by atoms with Gasteiger partial charge < -0.3 is 14.9 Å². The Kier molecular flexibility index (Phi) is 5.33. The van der Waals surface area contributed by atoms with Crippen molar-refractivity contribution in [1.82, 2.24) is 4.90 Å². The van der Waals surface area contributed by atoms with Crippen molar-refractivity contribution in [3.05, 3.63) is 29.8 Å². The van der Waals surface area contributed by atoms with E-state index in [4.69, 9.17) is 5.11 Å². The maximum Gasteiger partial charge on any atom is 0.335 e. The number of carboxylic acids is 1. The smallest absolute Gasteiger partial charge is 0.335 e. The second-order valence-corrected chi connectivity index (χ2v) is 5.42. The summed E-state index contributed by atoms with van der Waals surface area (Å²) in [5.74, 6) is -0.973. The van der Waals surface area contributed by atoms with E-state index < -0.39 is 5.97 Å². The van der Waals surface area contributed by atoms with Crippen LogP contribution in [-0.4, -0.2) is 48.1 Å². The van der Waals surface area contributed by atoms with Crippen LogP contribution in [0.5, 0.6) is 0 Å². The molecule has 1 N–H and O–H groups in total. The Hall–Kier alpha value is -1.88. The van der Waals surface area contributed by atoms with Crippen LogP contribution in [0.4, 0.5) is 5.69 Å². The molecule has 0 unspecified atom stereocenters. The molecule has 0 atom stereocenters. The molecule has 5 nitrogen and oxygen atoms in total. The largest absolute Gasteiger partial charge is 0.478 e. The van der Waals surface area contributed by atoms with Crippen molar-refractivity contribution in [3.63, 3.8) is 0 Å². The van der Waals surface area contributed by atoms with Gasteiger partial charge in [-0.15, -0.1) is 0 Å². The Morgan fingerprint density at radius 1 is 1.14 bits per heavy atom. The van der Waals surface area contributed by atoms with E-state index in [1.54, 1.807) is 24.0 Å². The van der Waals surface area contributed by atoms with Crippen LogP contribution in [0.1, 0.15) is 36.5 Å². The fraction of sp³-hybridized carbons (Fsp3) is 0.500. The fourth-order valence-electron chi connectivity index (χ4n) is 2.68. The van der Waals surface area contributed by atoms with E-state index >= 15 is 0 Å². The molecule has 21 heavy (non-hydrogen) atoms. The van der Waals surface area contributed by atoms with Gasteiger partial charge >= 0.3 is 5.97 Å². The molecule has 0 radical (unpaired) electrons. The number of anilines is 1. The summed E-state index contributed by atoms with van der Waals surface area (Å²) in [6, 6.07) is 6.46. The highest BCUT2D eigenvalue weighted by atomic mass is 16.4. The summed E-state index contributed by atoms with van der Waals surface area (Å²) in [6.07, 6.45) is 3.75. The van der Waals surface area contributed by atoms with Crippen molar-refractivity contribution in [3.8, 4) is 0 Å². The highest BCUT2D eigenvalue weighted by Gasteiger charge is 2.15. The number of hydrogen-bond acceptors (Lipinski definition) is 3. The zero-order valence-electron chi connectivity index (χ0n) is 12.4. The van der Waals surface area contributed by atoms with Crippen molar-refractivity contribution in [2.24, 2.45) is 0 Å². The Bertz CT molecular complexity index is 493. The van der Waals surface area contributed by atoms with Gasteiger partial charge in [0, 0.05) is 25.7 Å². The molecular weight excluding hydrogens is 268 g/mol. The number of piperidine rings is 1. The van der Waals surface area contributed by atoms with Gasteiger partial charge in [0.15, 0.2) is 0 Å². The van der Waals surface area contributed by atoms with Crippen LogP contribution in [0.2, 0.25) is 0 Å². The SMILES string of the molecule is CC(=O)N(CCN1CCCCC1)c1ccc(C(=O)O)cc1. The summed E-state index contributed by atoms with van der Waals surface area (Å²) >= 11 is 0. The van der Waals surface area contributed by atoms with Crippen molar-refractivity contribution in [2.75, 3.05) is 31.1 Å². The Morgan fingerprint density at radius 2 is 1.76 bits per heavy atom. The minimum atomic E-state index is -0.954. The normalized spacial score (nSPS) is 15.7. The second kappa shape index (κ2) is 7.22. The average Bonchev–Trinajstić information content (AvgIpc) is 2.48. The highest BCUT2D eigenvalue weighted by Crippen LogP contribution is 2.16. The van der Waals surface area contributed by atoms with Crippen molar-refractivity contribution < 1.29 is 14.7 Å². The summed E-state index contributed by atoms with van der Waals surface area (Å²) in [4.78, 5) is 26.8. The van der Waals surface area contributed by atoms with E-state index in [2.05, 4.69) is 4.90 Å². The summed E-state index contributed by atoms with van der Waals surface area (Å²) in [7, 11) is 0. The number of amides is 1. The van der Waals surface area contributed by atoms with Gasteiger partial charge in [0.25, 0.3) is 0 Å². The average molecular weight is 290 g/mol. The molecule has 0 bridgehead atoms. The fourth-order valence-corrected chi connectivity index (χ4v) is 2.68. The Morgan fingerprint density at radius 3 is 2.29 bits per heavy atom.